The number of fused-ring (bicyclic) bond motifs is 1. The van der Waals surface area contributed by atoms with Gasteiger partial charge >= 0.3 is 0 Å². The lowest BCUT2D eigenvalue weighted by molar-refractivity contribution is 0.318. The van der Waals surface area contributed by atoms with Crippen molar-refractivity contribution < 1.29 is 10.3 Å². The Morgan fingerprint density at radius 3 is 2.46 bits per heavy atom. The molecule has 4 N–H and O–H groups in total. The van der Waals surface area contributed by atoms with E-state index in [9.17, 15) is 10.3 Å². The SMILES string of the molecule is Cc1cscc1-c1c(/C(N)=N/O)c2ccccc2n1-c1ccc(O)cc1. The van der Waals surface area contributed by atoms with Gasteiger partial charge in [0.05, 0.1) is 16.8 Å². The van der Waals surface area contributed by atoms with Gasteiger partial charge in [-0.25, -0.2) is 0 Å². The van der Waals surface area contributed by atoms with E-state index in [0.717, 1.165) is 33.4 Å². The zero-order valence-electron chi connectivity index (χ0n) is 14.0. The van der Waals surface area contributed by atoms with Gasteiger partial charge in [0.15, 0.2) is 5.84 Å². The molecule has 2 heterocycles. The minimum atomic E-state index is 0.0688. The summed E-state index contributed by atoms with van der Waals surface area (Å²) in [6.07, 6.45) is 0. The molecule has 4 aromatic rings. The summed E-state index contributed by atoms with van der Waals surface area (Å²) in [5.41, 5.74) is 11.6. The van der Waals surface area contributed by atoms with Crippen molar-refractivity contribution in [1.82, 2.24) is 4.57 Å². The number of hydrogen-bond acceptors (Lipinski definition) is 4. The smallest absolute Gasteiger partial charge is 0.172 e. The van der Waals surface area contributed by atoms with Gasteiger partial charge in [-0.2, -0.15) is 11.3 Å². The number of rotatable bonds is 3. The van der Waals surface area contributed by atoms with Crippen LogP contribution in [0.4, 0.5) is 0 Å². The van der Waals surface area contributed by atoms with Gasteiger partial charge in [0.1, 0.15) is 5.75 Å². The lowest BCUT2D eigenvalue weighted by atomic mass is 10.0. The molecule has 0 bridgehead atoms. The normalized spacial score (nSPS) is 12.0. The second-order valence-electron chi connectivity index (χ2n) is 6.05. The molecule has 5 nitrogen and oxygen atoms in total. The Kier molecular flexibility index (Phi) is 3.89. The standard InChI is InChI=1S/C20H17N3O2S/c1-12-10-26-11-16(12)19-18(20(21)22-25)15-4-2-3-5-17(15)23(19)13-6-8-14(24)9-7-13/h2-11,24-25H,1H3,(H2,21,22). The fraction of sp³-hybridized carbons (Fsp3) is 0.0500. The lowest BCUT2D eigenvalue weighted by Gasteiger charge is -2.12. The van der Waals surface area contributed by atoms with E-state index in [1.165, 1.54) is 0 Å². The van der Waals surface area contributed by atoms with Gasteiger partial charge in [-0.3, -0.25) is 0 Å². The number of benzene rings is 2. The maximum atomic E-state index is 9.67. The van der Waals surface area contributed by atoms with Gasteiger partial charge in [0, 0.05) is 22.0 Å². The Morgan fingerprint density at radius 2 is 1.81 bits per heavy atom. The number of phenols is 1. The van der Waals surface area contributed by atoms with Crippen molar-refractivity contribution in [2.75, 3.05) is 0 Å². The average molecular weight is 363 g/mol. The summed E-state index contributed by atoms with van der Waals surface area (Å²) >= 11 is 1.61. The van der Waals surface area contributed by atoms with Crippen molar-refractivity contribution in [1.29, 1.82) is 0 Å². The fourth-order valence-electron chi connectivity index (χ4n) is 3.28. The van der Waals surface area contributed by atoms with Crippen LogP contribution in [0.3, 0.4) is 0 Å². The molecule has 0 saturated heterocycles. The van der Waals surface area contributed by atoms with Crippen LogP contribution >= 0.6 is 11.3 Å². The third-order valence-corrected chi connectivity index (χ3v) is 5.32. The molecule has 0 amide bonds. The molecule has 0 radical (unpaired) electrons. The van der Waals surface area contributed by atoms with Crippen LogP contribution < -0.4 is 5.73 Å². The van der Waals surface area contributed by atoms with E-state index >= 15 is 0 Å². The molecule has 0 aliphatic carbocycles. The zero-order chi connectivity index (χ0) is 18.3. The van der Waals surface area contributed by atoms with Crippen LogP contribution in [0.1, 0.15) is 11.1 Å². The lowest BCUT2D eigenvalue weighted by Crippen LogP contribution is -2.14. The largest absolute Gasteiger partial charge is 0.508 e. The van der Waals surface area contributed by atoms with E-state index in [2.05, 4.69) is 20.5 Å². The second-order valence-corrected chi connectivity index (χ2v) is 6.79. The summed E-state index contributed by atoms with van der Waals surface area (Å²) < 4.78 is 2.08. The molecule has 0 aliphatic heterocycles. The number of aryl methyl sites for hydroxylation is 1. The maximum Gasteiger partial charge on any atom is 0.172 e. The topological polar surface area (TPSA) is 83.8 Å². The Morgan fingerprint density at radius 1 is 1.08 bits per heavy atom. The van der Waals surface area contributed by atoms with E-state index in [1.54, 1.807) is 23.5 Å². The van der Waals surface area contributed by atoms with Crippen LogP contribution in [-0.4, -0.2) is 20.7 Å². The molecule has 0 aliphatic rings. The number of oxime groups is 1. The number of aromatic hydroxyl groups is 1. The van der Waals surface area contributed by atoms with Crippen molar-refractivity contribution in [2.45, 2.75) is 6.92 Å². The first-order valence-corrected chi connectivity index (χ1v) is 9.00. The molecule has 26 heavy (non-hydrogen) atoms. The molecular formula is C20H17N3O2S. The summed E-state index contributed by atoms with van der Waals surface area (Å²) in [6.45, 7) is 2.04. The minimum absolute atomic E-state index is 0.0688. The van der Waals surface area contributed by atoms with Gasteiger partial charge in [0.2, 0.25) is 0 Å². The summed E-state index contributed by atoms with van der Waals surface area (Å²) in [4.78, 5) is 0. The number of amidine groups is 1. The highest BCUT2D eigenvalue weighted by atomic mass is 32.1. The Bertz CT molecular complexity index is 1120. The van der Waals surface area contributed by atoms with Crippen LogP contribution in [0, 0.1) is 6.92 Å². The molecule has 0 fully saturated rings. The number of nitrogens with two attached hydrogens (primary N) is 1. The predicted octanol–water partition coefficient (Wildman–Crippen LogP) is 4.47. The first-order valence-electron chi connectivity index (χ1n) is 8.05. The molecule has 0 saturated carbocycles. The van der Waals surface area contributed by atoms with Gasteiger partial charge in [-0.1, -0.05) is 23.4 Å². The maximum absolute atomic E-state index is 9.67. The summed E-state index contributed by atoms with van der Waals surface area (Å²) in [7, 11) is 0. The van der Waals surface area contributed by atoms with Crippen molar-refractivity contribution in [2.24, 2.45) is 10.9 Å². The molecule has 0 spiro atoms. The Hall–Kier alpha value is -3.25. The number of nitrogens with zero attached hydrogens (tertiary/aromatic N) is 2. The first-order chi connectivity index (χ1) is 12.6. The van der Waals surface area contributed by atoms with Gasteiger partial charge in [0.25, 0.3) is 0 Å². The molecular weight excluding hydrogens is 346 g/mol. The molecule has 0 unspecified atom stereocenters. The van der Waals surface area contributed by atoms with Crippen molar-refractivity contribution in [3.8, 4) is 22.7 Å². The minimum Gasteiger partial charge on any atom is -0.508 e. The number of thiophene rings is 1. The number of para-hydroxylation sites is 1. The highest BCUT2D eigenvalue weighted by Crippen LogP contribution is 2.39. The average Bonchev–Trinajstić information content (AvgIpc) is 3.22. The monoisotopic (exact) mass is 363 g/mol. The van der Waals surface area contributed by atoms with Crippen LogP contribution in [0.15, 0.2) is 64.4 Å². The fourth-order valence-corrected chi connectivity index (χ4v) is 4.11. The summed E-state index contributed by atoms with van der Waals surface area (Å²) in [6, 6.07) is 14.9. The van der Waals surface area contributed by atoms with Crippen LogP contribution in [0.2, 0.25) is 0 Å². The van der Waals surface area contributed by atoms with Crippen LogP contribution in [-0.2, 0) is 0 Å². The Labute approximate surface area is 154 Å². The molecule has 2 aromatic heterocycles. The van der Waals surface area contributed by atoms with Gasteiger partial charge < -0.3 is 20.6 Å². The van der Waals surface area contributed by atoms with Crippen molar-refractivity contribution in [3.63, 3.8) is 0 Å². The molecule has 0 atom stereocenters. The van der Waals surface area contributed by atoms with E-state index in [4.69, 9.17) is 5.73 Å². The van der Waals surface area contributed by atoms with E-state index in [1.807, 2.05) is 43.3 Å². The quantitative estimate of drug-likeness (QED) is 0.217. The first kappa shape index (κ1) is 16.2. The van der Waals surface area contributed by atoms with Gasteiger partial charge in [-0.15, -0.1) is 0 Å². The van der Waals surface area contributed by atoms with Gasteiger partial charge in [-0.05, 0) is 48.2 Å². The van der Waals surface area contributed by atoms with Crippen molar-refractivity contribution in [3.05, 3.63) is 70.4 Å². The van der Waals surface area contributed by atoms with Crippen LogP contribution in [0.5, 0.6) is 5.75 Å². The molecule has 6 heteroatoms. The van der Waals surface area contributed by atoms with Crippen LogP contribution in [0.25, 0.3) is 27.8 Å². The summed E-state index contributed by atoms with van der Waals surface area (Å²) in [5.74, 6) is 0.273. The van der Waals surface area contributed by atoms with E-state index < -0.39 is 0 Å². The number of aromatic nitrogens is 1. The summed E-state index contributed by atoms with van der Waals surface area (Å²) in [5, 5.41) is 27.4. The van der Waals surface area contributed by atoms with E-state index in [-0.39, 0.29) is 11.6 Å². The third kappa shape index (κ3) is 2.43. The molecule has 4 rings (SSSR count). The highest BCUT2D eigenvalue weighted by molar-refractivity contribution is 7.08. The molecule has 130 valence electrons. The van der Waals surface area contributed by atoms with Crippen molar-refractivity contribution >= 4 is 28.1 Å². The van der Waals surface area contributed by atoms with E-state index in [0.29, 0.717) is 5.56 Å². The predicted molar refractivity (Wildman–Crippen MR) is 106 cm³/mol. The number of hydrogen-bond donors (Lipinski definition) is 3. The molecule has 2 aromatic carbocycles. The third-order valence-electron chi connectivity index (χ3n) is 4.46. The zero-order valence-corrected chi connectivity index (χ0v) is 14.9. The Balaban J connectivity index is 2.19. The number of phenolic OH excluding ortho intramolecular Hbond substituents is 1. The highest BCUT2D eigenvalue weighted by Gasteiger charge is 2.23. The second kappa shape index (κ2) is 6.24.